The first-order valence-corrected chi connectivity index (χ1v) is 6.41. The van der Waals surface area contributed by atoms with Crippen molar-refractivity contribution >= 4 is 0 Å². The Morgan fingerprint density at radius 3 is 1.83 bits per heavy atom. The van der Waals surface area contributed by atoms with Crippen LogP contribution in [0.1, 0.15) is 30.9 Å². The van der Waals surface area contributed by atoms with Gasteiger partial charge in [0, 0.05) is 5.92 Å². The molecule has 1 atom stereocenters. The largest absolute Gasteiger partial charge is 0.497 e. The van der Waals surface area contributed by atoms with Crippen LogP contribution in [0.3, 0.4) is 0 Å². The lowest BCUT2D eigenvalue weighted by atomic mass is 9.83. The van der Waals surface area contributed by atoms with Gasteiger partial charge in [0.2, 0.25) is 0 Å². The third kappa shape index (κ3) is 2.73. The predicted molar refractivity (Wildman–Crippen MR) is 76.1 cm³/mol. The molecule has 0 amide bonds. The highest BCUT2D eigenvalue weighted by Gasteiger charge is 2.17. The summed E-state index contributed by atoms with van der Waals surface area (Å²) >= 11 is 0. The molecule has 0 aliphatic rings. The van der Waals surface area contributed by atoms with Gasteiger partial charge in [-0.1, -0.05) is 56.3 Å². The van der Waals surface area contributed by atoms with Crippen LogP contribution in [0.2, 0.25) is 0 Å². The summed E-state index contributed by atoms with van der Waals surface area (Å²) in [6, 6.07) is 19.1. The van der Waals surface area contributed by atoms with E-state index < -0.39 is 0 Å². The fourth-order valence-electron chi connectivity index (χ4n) is 2.43. The van der Waals surface area contributed by atoms with Crippen molar-refractivity contribution in [3.05, 3.63) is 65.7 Å². The molecule has 0 aliphatic heterocycles. The van der Waals surface area contributed by atoms with Crippen LogP contribution in [-0.4, -0.2) is 7.11 Å². The molecule has 2 rings (SSSR count). The monoisotopic (exact) mass is 240 g/mol. The normalized spacial score (nSPS) is 12.4. The van der Waals surface area contributed by atoms with Crippen LogP contribution < -0.4 is 4.74 Å². The van der Waals surface area contributed by atoms with Crippen molar-refractivity contribution in [3.8, 4) is 5.75 Å². The highest BCUT2D eigenvalue weighted by molar-refractivity contribution is 5.36. The maximum absolute atomic E-state index is 5.22. The zero-order valence-corrected chi connectivity index (χ0v) is 11.3. The van der Waals surface area contributed by atoms with Gasteiger partial charge in [0.1, 0.15) is 5.75 Å². The Morgan fingerprint density at radius 2 is 1.33 bits per heavy atom. The Hall–Kier alpha value is -1.76. The van der Waals surface area contributed by atoms with E-state index in [1.165, 1.54) is 11.1 Å². The van der Waals surface area contributed by atoms with Crippen LogP contribution in [0.15, 0.2) is 54.6 Å². The Balaban J connectivity index is 2.36. The van der Waals surface area contributed by atoms with Crippen molar-refractivity contribution in [1.29, 1.82) is 0 Å². The molecule has 1 heteroatoms. The molecule has 0 aromatic heterocycles. The van der Waals surface area contributed by atoms with Crippen molar-refractivity contribution in [2.75, 3.05) is 7.11 Å². The minimum absolute atomic E-state index is 0.442. The second-order valence-corrected chi connectivity index (χ2v) is 4.91. The summed E-state index contributed by atoms with van der Waals surface area (Å²) in [6.45, 7) is 4.53. The molecule has 2 aromatic rings. The first-order valence-electron chi connectivity index (χ1n) is 6.41. The van der Waals surface area contributed by atoms with Crippen LogP contribution in [-0.2, 0) is 0 Å². The number of rotatable bonds is 4. The van der Waals surface area contributed by atoms with Crippen LogP contribution in [0.4, 0.5) is 0 Å². The summed E-state index contributed by atoms with van der Waals surface area (Å²) in [5.74, 6) is 1.92. The molecule has 18 heavy (non-hydrogen) atoms. The quantitative estimate of drug-likeness (QED) is 0.765. The van der Waals surface area contributed by atoms with Gasteiger partial charge < -0.3 is 4.74 Å². The summed E-state index contributed by atoms with van der Waals surface area (Å²) in [6.07, 6.45) is 0. The summed E-state index contributed by atoms with van der Waals surface area (Å²) in [7, 11) is 1.70. The maximum Gasteiger partial charge on any atom is 0.118 e. The summed E-state index contributed by atoms with van der Waals surface area (Å²) in [5.41, 5.74) is 2.72. The van der Waals surface area contributed by atoms with Crippen molar-refractivity contribution in [2.24, 2.45) is 5.92 Å². The van der Waals surface area contributed by atoms with Gasteiger partial charge in [-0.25, -0.2) is 0 Å². The molecular formula is C17H20O. The van der Waals surface area contributed by atoms with Crippen LogP contribution in [0.25, 0.3) is 0 Å². The van der Waals surface area contributed by atoms with E-state index in [1.54, 1.807) is 7.11 Å². The third-order valence-electron chi connectivity index (χ3n) is 3.30. The van der Waals surface area contributed by atoms with Gasteiger partial charge in [-0.15, -0.1) is 0 Å². The molecule has 0 saturated heterocycles. The number of benzene rings is 2. The van der Waals surface area contributed by atoms with Gasteiger partial charge >= 0.3 is 0 Å². The Bertz CT molecular complexity index is 471. The summed E-state index contributed by atoms with van der Waals surface area (Å²) < 4.78 is 5.22. The van der Waals surface area contributed by atoms with E-state index in [0.29, 0.717) is 11.8 Å². The lowest BCUT2D eigenvalue weighted by Crippen LogP contribution is -2.08. The molecule has 0 heterocycles. The van der Waals surface area contributed by atoms with Gasteiger partial charge in [-0.2, -0.15) is 0 Å². The number of ether oxygens (including phenoxy) is 1. The molecule has 1 nitrogen and oxygen atoms in total. The minimum Gasteiger partial charge on any atom is -0.497 e. The Kier molecular flexibility index (Phi) is 4.03. The molecule has 2 aromatic carbocycles. The maximum atomic E-state index is 5.22. The van der Waals surface area contributed by atoms with E-state index in [4.69, 9.17) is 4.74 Å². The van der Waals surface area contributed by atoms with E-state index in [9.17, 15) is 0 Å². The molecule has 0 spiro atoms. The van der Waals surface area contributed by atoms with Crippen LogP contribution in [0, 0.1) is 5.92 Å². The molecule has 0 N–H and O–H groups in total. The Morgan fingerprint density at radius 1 is 0.778 bits per heavy atom. The fraction of sp³-hybridized carbons (Fsp3) is 0.294. The SMILES string of the molecule is COc1ccc([C@@H](c2ccccc2)C(C)C)cc1. The lowest BCUT2D eigenvalue weighted by Gasteiger charge is -2.22. The van der Waals surface area contributed by atoms with Gasteiger partial charge in [0.15, 0.2) is 0 Å². The average Bonchev–Trinajstić information content (AvgIpc) is 2.40. The first kappa shape index (κ1) is 12.7. The molecule has 0 saturated carbocycles. The number of hydrogen-bond donors (Lipinski definition) is 0. The molecule has 0 bridgehead atoms. The highest BCUT2D eigenvalue weighted by Crippen LogP contribution is 2.32. The topological polar surface area (TPSA) is 9.23 Å². The second kappa shape index (κ2) is 5.72. The van der Waals surface area contributed by atoms with E-state index in [1.807, 2.05) is 12.1 Å². The standard InChI is InChI=1S/C17H20O/c1-13(2)17(14-7-5-4-6-8-14)15-9-11-16(18-3)12-10-15/h4-13,17H,1-3H3/t17-/m1/s1. The van der Waals surface area contributed by atoms with E-state index in [2.05, 4.69) is 56.3 Å². The lowest BCUT2D eigenvalue weighted by molar-refractivity contribution is 0.414. The fourth-order valence-corrected chi connectivity index (χ4v) is 2.43. The van der Waals surface area contributed by atoms with E-state index >= 15 is 0 Å². The van der Waals surface area contributed by atoms with Crippen molar-refractivity contribution in [1.82, 2.24) is 0 Å². The minimum atomic E-state index is 0.442. The summed E-state index contributed by atoms with van der Waals surface area (Å²) in [4.78, 5) is 0. The van der Waals surface area contributed by atoms with Crippen molar-refractivity contribution in [3.63, 3.8) is 0 Å². The van der Waals surface area contributed by atoms with Gasteiger partial charge in [0.05, 0.1) is 7.11 Å². The molecule has 0 fully saturated rings. The van der Waals surface area contributed by atoms with E-state index in [-0.39, 0.29) is 0 Å². The Labute approximate surface area is 109 Å². The predicted octanol–water partition coefficient (Wildman–Crippen LogP) is 4.48. The molecule has 0 radical (unpaired) electrons. The zero-order chi connectivity index (χ0) is 13.0. The van der Waals surface area contributed by atoms with Gasteiger partial charge in [-0.05, 0) is 29.2 Å². The van der Waals surface area contributed by atoms with Gasteiger partial charge in [0.25, 0.3) is 0 Å². The van der Waals surface area contributed by atoms with E-state index in [0.717, 1.165) is 5.75 Å². The van der Waals surface area contributed by atoms with Crippen molar-refractivity contribution < 1.29 is 4.74 Å². The third-order valence-corrected chi connectivity index (χ3v) is 3.30. The smallest absolute Gasteiger partial charge is 0.118 e. The van der Waals surface area contributed by atoms with Crippen molar-refractivity contribution in [2.45, 2.75) is 19.8 Å². The molecular weight excluding hydrogens is 220 g/mol. The first-order chi connectivity index (χ1) is 8.72. The van der Waals surface area contributed by atoms with Crippen LogP contribution >= 0.6 is 0 Å². The average molecular weight is 240 g/mol. The zero-order valence-electron chi connectivity index (χ0n) is 11.3. The highest BCUT2D eigenvalue weighted by atomic mass is 16.5. The molecule has 94 valence electrons. The summed E-state index contributed by atoms with van der Waals surface area (Å²) in [5, 5.41) is 0. The second-order valence-electron chi connectivity index (χ2n) is 4.91. The van der Waals surface area contributed by atoms with Crippen LogP contribution in [0.5, 0.6) is 5.75 Å². The van der Waals surface area contributed by atoms with Gasteiger partial charge in [-0.3, -0.25) is 0 Å². The number of hydrogen-bond acceptors (Lipinski definition) is 1. The molecule has 0 aliphatic carbocycles. The number of methoxy groups -OCH3 is 1. The molecule has 0 unspecified atom stereocenters.